The molecule has 0 radical (unpaired) electrons. The number of rotatable bonds is 4. The van der Waals surface area contributed by atoms with Crippen LogP contribution in [0.15, 0.2) is 18.2 Å². The van der Waals surface area contributed by atoms with Crippen LogP contribution in [-0.4, -0.2) is 30.9 Å². The van der Waals surface area contributed by atoms with Crippen molar-refractivity contribution in [2.24, 2.45) is 5.41 Å². The van der Waals surface area contributed by atoms with Gasteiger partial charge in [-0.3, -0.25) is 0 Å². The van der Waals surface area contributed by atoms with E-state index in [0.717, 1.165) is 0 Å². The summed E-state index contributed by atoms with van der Waals surface area (Å²) in [7, 11) is 1.46. The van der Waals surface area contributed by atoms with E-state index >= 15 is 0 Å². The predicted molar refractivity (Wildman–Crippen MR) is 75.4 cm³/mol. The molecule has 0 aliphatic heterocycles. The zero-order valence-corrected chi connectivity index (χ0v) is 12.2. The number of anilines is 1. The van der Waals surface area contributed by atoms with Crippen molar-refractivity contribution in [3.63, 3.8) is 0 Å². The van der Waals surface area contributed by atoms with Crippen LogP contribution in [0.3, 0.4) is 0 Å². The minimum Gasteiger partial charge on any atom is -0.497 e. The summed E-state index contributed by atoms with van der Waals surface area (Å²) in [6.45, 7) is 5.66. The molecule has 112 valence electrons. The fourth-order valence-corrected chi connectivity index (χ4v) is 1.39. The van der Waals surface area contributed by atoms with Gasteiger partial charge in [0.05, 0.1) is 18.9 Å². The SMILES string of the molecule is COc1ccc(F)c(NC(=O)NCC(O)C(C)(C)C)c1. The third-order valence-electron chi connectivity index (χ3n) is 2.88. The molecule has 2 amide bonds. The van der Waals surface area contributed by atoms with Crippen LogP contribution in [0.2, 0.25) is 0 Å². The Bertz CT molecular complexity index is 472. The van der Waals surface area contributed by atoms with Gasteiger partial charge in [0, 0.05) is 12.6 Å². The summed E-state index contributed by atoms with van der Waals surface area (Å²) >= 11 is 0. The maximum atomic E-state index is 13.5. The lowest BCUT2D eigenvalue weighted by Gasteiger charge is -2.25. The lowest BCUT2D eigenvalue weighted by atomic mass is 9.89. The van der Waals surface area contributed by atoms with Gasteiger partial charge in [0.25, 0.3) is 0 Å². The minimum absolute atomic E-state index is 0.0205. The van der Waals surface area contributed by atoms with E-state index in [1.165, 1.54) is 25.3 Å². The van der Waals surface area contributed by atoms with Crippen LogP contribution in [-0.2, 0) is 0 Å². The molecular formula is C14H21FN2O3. The van der Waals surface area contributed by atoms with Crippen molar-refractivity contribution in [3.8, 4) is 5.75 Å². The Morgan fingerprint density at radius 2 is 2.10 bits per heavy atom. The van der Waals surface area contributed by atoms with E-state index < -0.39 is 18.0 Å². The molecule has 0 spiro atoms. The summed E-state index contributed by atoms with van der Waals surface area (Å²) in [6, 6.07) is 3.47. The number of ether oxygens (including phenoxy) is 1. The highest BCUT2D eigenvalue weighted by Gasteiger charge is 2.22. The predicted octanol–water partition coefficient (Wildman–Crippen LogP) is 2.36. The third-order valence-corrected chi connectivity index (χ3v) is 2.88. The van der Waals surface area contributed by atoms with E-state index in [1.54, 1.807) is 0 Å². The van der Waals surface area contributed by atoms with Crippen molar-refractivity contribution in [1.82, 2.24) is 5.32 Å². The lowest BCUT2D eigenvalue weighted by Crippen LogP contribution is -2.41. The highest BCUT2D eigenvalue weighted by Crippen LogP contribution is 2.21. The molecule has 0 heterocycles. The Morgan fingerprint density at radius 1 is 1.45 bits per heavy atom. The number of carbonyl (C=O) groups excluding carboxylic acids is 1. The molecule has 6 heteroatoms. The fourth-order valence-electron chi connectivity index (χ4n) is 1.39. The first-order chi connectivity index (χ1) is 9.24. The normalized spacial score (nSPS) is 12.7. The van der Waals surface area contributed by atoms with Gasteiger partial charge in [0.2, 0.25) is 0 Å². The maximum absolute atomic E-state index is 13.5. The third kappa shape index (κ3) is 4.70. The van der Waals surface area contributed by atoms with Crippen molar-refractivity contribution >= 4 is 11.7 Å². The molecule has 0 aromatic heterocycles. The Kier molecular flexibility index (Phi) is 5.33. The van der Waals surface area contributed by atoms with Crippen LogP contribution >= 0.6 is 0 Å². The summed E-state index contributed by atoms with van der Waals surface area (Å²) in [5, 5.41) is 14.7. The molecule has 1 unspecified atom stereocenters. The Morgan fingerprint density at radius 3 is 2.65 bits per heavy atom. The van der Waals surface area contributed by atoms with E-state index in [9.17, 15) is 14.3 Å². The highest BCUT2D eigenvalue weighted by molar-refractivity contribution is 5.89. The molecular weight excluding hydrogens is 263 g/mol. The summed E-state index contributed by atoms with van der Waals surface area (Å²) in [4.78, 5) is 11.7. The Balaban J connectivity index is 2.59. The highest BCUT2D eigenvalue weighted by atomic mass is 19.1. The first-order valence-electron chi connectivity index (χ1n) is 6.30. The molecule has 0 bridgehead atoms. The van der Waals surface area contributed by atoms with E-state index in [1.807, 2.05) is 20.8 Å². The minimum atomic E-state index is -0.691. The Labute approximate surface area is 118 Å². The van der Waals surface area contributed by atoms with Gasteiger partial charge >= 0.3 is 6.03 Å². The first kappa shape index (κ1) is 16.2. The smallest absolute Gasteiger partial charge is 0.319 e. The quantitative estimate of drug-likeness (QED) is 0.795. The van der Waals surface area contributed by atoms with Crippen LogP contribution < -0.4 is 15.4 Å². The van der Waals surface area contributed by atoms with Gasteiger partial charge in [0.15, 0.2) is 0 Å². The number of benzene rings is 1. The van der Waals surface area contributed by atoms with Gasteiger partial charge in [-0.1, -0.05) is 20.8 Å². The van der Waals surface area contributed by atoms with Crippen molar-refractivity contribution in [3.05, 3.63) is 24.0 Å². The number of aliphatic hydroxyl groups excluding tert-OH is 1. The number of hydrogen-bond acceptors (Lipinski definition) is 3. The molecule has 1 rings (SSSR count). The molecule has 1 atom stereocenters. The van der Waals surface area contributed by atoms with Crippen LogP contribution in [0.25, 0.3) is 0 Å². The summed E-state index contributed by atoms with van der Waals surface area (Å²) in [5.74, 6) is -0.117. The zero-order valence-electron chi connectivity index (χ0n) is 12.2. The number of halogens is 1. The number of hydrogen-bond donors (Lipinski definition) is 3. The standard InChI is InChI=1S/C14H21FN2O3/c1-14(2,3)12(18)8-16-13(19)17-11-7-9(20-4)5-6-10(11)15/h5-7,12,18H,8H2,1-4H3,(H2,16,17,19). The average molecular weight is 284 g/mol. The van der Waals surface area contributed by atoms with Gasteiger partial charge < -0.3 is 20.5 Å². The molecule has 1 aromatic carbocycles. The van der Waals surface area contributed by atoms with Crippen LogP contribution in [0.1, 0.15) is 20.8 Å². The van der Waals surface area contributed by atoms with E-state index in [2.05, 4.69) is 10.6 Å². The number of amides is 2. The molecule has 3 N–H and O–H groups in total. The second-order valence-corrected chi connectivity index (χ2v) is 5.56. The monoisotopic (exact) mass is 284 g/mol. The number of nitrogens with one attached hydrogen (secondary N) is 2. The molecule has 1 aromatic rings. The molecule has 0 fully saturated rings. The number of urea groups is 1. The lowest BCUT2D eigenvalue weighted by molar-refractivity contribution is 0.0654. The van der Waals surface area contributed by atoms with Crippen LogP contribution in [0, 0.1) is 11.2 Å². The maximum Gasteiger partial charge on any atom is 0.319 e. The Hall–Kier alpha value is -1.82. The van der Waals surface area contributed by atoms with Crippen molar-refractivity contribution in [2.75, 3.05) is 19.0 Å². The summed E-state index contributed by atoms with van der Waals surface area (Å²) in [5.41, 5.74) is -0.318. The van der Waals surface area contributed by atoms with E-state index in [-0.39, 0.29) is 17.6 Å². The van der Waals surface area contributed by atoms with E-state index in [0.29, 0.717) is 5.75 Å². The second-order valence-electron chi connectivity index (χ2n) is 5.56. The van der Waals surface area contributed by atoms with Crippen molar-refractivity contribution < 1.29 is 19.0 Å². The van der Waals surface area contributed by atoms with Crippen molar-refractivity contribution in [1.29, 1.82) is 0 Å². The second kappa shape index (κ2) is 6.56. The van der Waals surface area contributed by atoms with Gasteiger partial charge in [-0.2, -0.15) is 0 Å². The largest absolute Gasteiger partial charge is 0.497 e. The summed E-state index contributed by atoms with van der Waals surface area (Å²) < 4.78 is 18.5. The van der Waals surface area contributed by atoms with Crippen LogP contribution in [0.5, 0.6) is 5.75 Å². The fraction of sp³-hybridized carbons (Fsp3) is 0.500. The molecule has 20 heavy (non-hydrogen) atoms. The number of methoxy groups -OCH3 is 1. The molecule has 0 aliphatic rings. The molecule has 0 saturated heterocycles. The average Bonchev–Trinajstić information content (AvgIpc) is 2.37. The summed E-state index contributed by atoms with van der Waals surface area (Å²) in [6.07, 6.45) is -0.691. The molecule has 5 nitrogen and oxygen atoms in total. The van der Waals surface area contributed by atoms with Crippen LogP contribution in [0.4, 0.5) is 14.9 Å². The van der Waals surface area contributed by atoms with Gasteiger partial charge in [-0.15, -0.1) is 0 Å². The molecule has 0 aliphatic carbocycles. The molecule has 0 saturated carbocycles. The van der Waals surface area contributed by atoms with Gasteiger partial charge in [-0.25, -0.2) is 9.18 Å². The van der Waals surface area contributed by atoms with Gasteiger partial charge in [0.1, 0.15) is 11.6 Å². The first-order valence-corrected chi connectivity index (χ1v) is 6.30. The topological polar surface area (TPSA) is 70.6 Å². The number of carbonyl (C=O) groups is 1. The van der Waals surface area contributed by atoms with Gasteiger partial charge in [-0.05, 0) is 17.5 Å². The zero-order chi connectivity index (χ0) is 15.3. The van der Waals surface area contributed by atoms with E-state index in [4.69, 9.17) is 4.74 Å². The number of aliphatic hydroxyl groups is 1. The van der Waals surface area contributed by atoms with Crippen molar-refractivity contribution in [2.45, 2.75) is 26.9 Å².